The van der Waals surface area contributed by atoms with Gasteiger partial charge in [-0.3, -0.25) is 4.90 Å². The van der Waals surface area contributed by atoms with E-state index in [9.17, 15) is 0 Å². The molecule has 0 aliphatic carbocycles. The summed E-state index contributed by atoms with van der Waals surface area (Å²) in [6.45, 7) is 4.13. The van der Waals surface area contributed by atoms with Crippen molar-refractivity contribution >= 4 is 17.2 Å². The van der Waals surface area contributed by atoms with Crippen LogP contribution in [-0.2, 0) is 11.2 Å². The maximum absolute atomic E-state index is 6.43. The molecule has 0 saturated carbocycles. The summed E-state index contributed by atoms with van der Waals surface area (Å²) in [4.78, 5) is 7.34. The lowest BCUT2D eigenvalue weighted by molar-refractivity contribution is 0.133. The van der Waals surface area contributed by atoms with Crippen molar-refractivity contribution < 1.29 is 9.47 Å². The highest BCUT2D eigenvalue weighted by Crippen LogP contribution is 2.31. The molecule has 3 aromatic rings. The van der Waals surface area contributed by atoms with Crippen molar-refractivity contribution in [3.8, 4) is 16.9 Å². The number of aromatic nitrogens is 3. The minimum Gasteiger partial charge on any atom is -0.492 e. The summed E-state index contributed by atoms with van der Waals surface area (Å²) in [7, 11) is 1.75. The number of hydrogen-bond acceptors (Lipinski definition) is 6. The predicted octanol–water partition coefficient (Wildman–Crippen LogP) is 3.05. The van der Waals surface area contributed by atoms with Crippen LogP contribution < -0.4 is 10.1 Å². The Balaban J connectivity index is 1.45. The van der Waals surface area contributed by atoms with E-state index in [1.807, 2.05) is 35.1 Å². The van der Waals surface area contributed by atoms with Gasteiger partial charge in [-0.25, -0.2) is 9.50 Å². The number of hydrogen-bond donors (Lipinski definition) is 1. The third-order valence-electron chi connectivity index (χ3n) is 6.12. The Hall–Kier alpha value is -2.19. The number of halogens is 1. The topological polar surface area (TPSA) is 73.8 Å². The maximum atomic E-state index is 6.43. The van der Waals surface area contributed by atoms with Gasteiger partial charge in [-0.15, -0.1) is 0 Å². The largest absolute Gasteiger partial charge is 0.492 e. The number of methoxy groups -OCH3 is 1. The summed E-state index contributed by atoms with van der Waals surface area (Å²) < 4.78 is 13.2. The van der Waals surface area contributed by atoms with Crippen LogP contribution in [0.25, 0.3) is 16.8 Å². The molecule has 7 nitrogen and oxygen atoms in total. The number of nitrogens with one attached hydrogen (secondary N) is 1. The van der Waals surface area contributed by atoms with Gasteiger partial charge in [-0.05, 0) is 49.2 Å². The monoisotopic (exact) mass is 441 g/mol. The van der Waals surface area contributed by atoms with Crippen LogP contribution in [-0.4, -0.2) is 71.5 Å². The second-order valence-electron chi connectivity index (χ2n) is 8.33. The van der Waals surface area contributed by atoms with E-state index in [-0.39, 0.29) is 0 Å². The fourth-order valence-corrected chi connectivity index (χ4v) is 4.56. The first-order valence-corrected chi connectivity index (χ1v) is 11.3. The van der Waals surface area contributed by atoms with Gasteiger partial charge >= 0.3 is 0 Å². The van der Waals surface area contributed by atoms with Crippen molar-refractivity contribution in [2.75, 3.05) is 40.0 Å². The molecule has 2 aliphatic rings. The molecule has 1 saturated heterocycles. The van der Waals surface area contributed by atoms with Gasteiger partial charge < -0.3 is 14.8 Å². The number of ether oxygens (including phenoxy) is 2. The van der Waals surface area contributed by atoms with Gasteiger partial charge in [0.05, 0.1) is 12.8 Å². The molecule has 0 spiro atoms. The first-order valence-electron chi connectivity index (χ1n) is 10.9. The second-order valence-corrected chi connectivity index (χ2v) is 8.77. The van der Waals surface area contributed by atoms with Gasteiger partial charge in [0.25, 0.3) is 0 Å². The molecule has 2 atom stereocenters. The van der Waals surface area contributed by atoms with Gasteiger partial charge in [0.1, 0.15) is 12.4 Å². The van der Waals surface area contributed by atoms with Crippen molar-refractivity contribution in [1.29, 1.82) is 0 Å². The van der Waals surface area contributed by atoms with Gasteiger partial charge in [0.15, 0.2) is 5.65 Å². The zero-order valence-electron chi connectivity index (χ0n) is 17.8. The fourth-order valence-electron chi connectivity index (χ4n) is 4.34. The Kier molecular flexibility index (Phi) is 6.09. The van der Waals surface area contributed by atoms with E-state index in [1.54, 1.807) is 7.11 Å². The lowest BCUT2D eigenvalue weighted by Gasteiger charge is -2.22. The average Bonchev–Trinajstić information content (AvgIpc) is 3.34. The Labute approximate surface area is 187 Å². The van der Waals surface area contributed by atoms with Gasteiger partial charge in [0, 0.05) is 61.2 Å². The van der Waals surface area contributed by atoms with E-state index in [4.69, 9.17) is 26.1 Å². The van der Waals surface area contributed by atoms with Crippen molar-refractivity contribution in [1.82, 2.24) is 24.8 Å². The molecular weight excluding hydrogens is 414 g/mol. The van der Waals surface area contributed by atoms with Crippen molar-refractivity contribution in [2.24, 2.45) is 0 Å². The zero-order chi connectivity index (χ0) is 21.2. The van der Waals surface area contributed by atoms with Crippen LogP contribution in [0.3, 0.4) is 0 Å². The summed E-state index contributed by atoms with van der Waals surface area (Å²) >= 11 is 6.43. The van der Waals surface area contributed by atoms with Crippen molar-refractivity contribution in [2.45, 2.75) is 31.3 Å². The van der Waals surface area contributed by atoms with Crippen LogP contribution in [0, 0.1) is 0 Å². The zero-order valence-corrected chi connectivity index (χ0v) is 18.5. The lowest BCUT2D eigenvalue weighted by Crippen LogP contribution is -2.32. The molecule has 164 valence electrons. The summed E-state index contributed by atoms with van der Waals surface area (Å²) in [5.74, 6) is 0.763. The van der Waals surface area contributed by atoms with E-state index in [1.165, 1.54) is 6.42 Å². The quantitative estimate of drug-likeness (QED) is 0.630. The van der Waals surface area contributed by atoms with Crippen LogP contribution in [0.4, 0.5) is 0 Å². The molecule has 2 aromatic heterocycles. The smallest absolute Gasteiger partial charge is 0.163 e. The molecule has 0 radical (unpaired) electrons. The fraction of sp³-hybridized carbons (Fsp3) is 0.478. The van der Waals surface area contributed by atoms with Crippen LogP contribution in [0.1, 0.15) is 18.5 Å². The van der Waals surface area contributed by atoms with Gasteiger partial charge in [-0.2, -0.15) is 5.10 Å². The van der Waals surface area contributed by atoms with E-state index >= 15 is 0 Å². The van der Waals surface area contributed by atoms with Crippen LogP contribution in [0.15, 0.2) is 36.7 Å². The highest BCUT2D eigenvalue weighted by Gasteiger charge is 2.35. The Morgan fingerprint density at radius 1 is 1.26 bits per heavy atom. The third kappa shape index (κ3) is 4.85. The number of nitrogens with zero attached hydrogens (tertiary/aromatic N) is 4. The molecule has 8 heteroatoms. The van der Waals surface area contributed by atoms with Gasteiger partial charge in [0.2, 0.25) is 0 Å². The standard InChI is InChI=1S/C23H28ClN5O2/c1-30-9-7-28-5-2-3-21-22(27-21)14-18-4-6-29-23(26-18)20(15-25-29)16-11-17(24)13-19(12-16)31-10-8-28/h4,6,11-13,15,21-22,27H,2-3,5,7-10,14H2,1H3. The van der Waals surface area contributed by atoms with Crippen LogP contribution in [0.2, 0.25) is 5.02 Å². The first-order chi connectivity index (χ1) is 15.2. The SMILES string of the molecule is COCCN1CCCC2NC2Cc2ccn3ncc(c3n2)-c2cc(Cl)cc(c2)OCC1. The van der Waals surface area contributed by atoms with Crippen LogP contribution >= 0.6 is 11.6 Å². The third-order valence-corrected chi connectivity index (χ3v) is 6.34. The van der Waals surface area contributed by atoms with Gasteiger partial charge in [-0.1, -0.05) is 11.6 Å². The summed E-state index contributed by atoms with van der Waals surface area (Å²) in [5.41, 5.74) is 3.85. The highest BCUT2D eigenvalue weighted by atomic mass is 35.5. The molecule has 4 heterocycles. The molecule has 5 rings (SSSR count). The molecular formula is C23H28ClN5O2. The van der Waals surface area contributed by atoms with E-state index in [2.05, 4.69) is 21.4 Å². The van der Waals surface area contributed by atoms with Crippen LogP contribution in [0.5, 0.6) is 5.75 Å². The van der Waals surface area contributed by atoms with Crippen molar-refractivity contribution in [3.63, 3.8) is 0 Å². The molecule has 1 N–H and O–H groups in total. The maximum Gasteiger partial charge on any atom is 0.163 e. The summed E-state index contributed by atoms with van der Waals surface area (Å²) in [6, 6.07) is 8.97. The van der Waals surface area contributed by atoms with E-state index in [0.29, 0.717) is 23.7 Å². The van der Waals surface area contributed by atoms with E-state index in [0.717, 1.165) is 67.3 Å². The molecule has 4 bridgehead atoms. The second kappa shape index (κ2) is 9.12. The molecule has 2 unspecified atom stereocenters. The average molecular weight is 442 g/mol. The number of fused-ring (bicyclic) bond motifs is 5. The minimum atomic E-state index is 0.505. The molecule has 31 heavy (non-hydrogen) atoms. The molecule has 2 aliphatic heterocycles. The first kappa shape index (κ1) is 20.7. The molecule has 0 amide bonds. The number of benzene rings is 1. The Morgan fingerprint density at radius 3 is 3.10 bits per heavy atom. The van der Waals surface area contributed by atoms with E-state index < -0.39 is 0 Å². The highest BCUT2D eigenvalue weighted by molar-refractivity contribution is 6.31. The van der Waals surface area contributed by atoms with Crippen molar-refractivity contribution in [3.05, 3.63) is 47.4 Å². The Morgan fingerprint density at radius 2 is 2.19 bits per heavy atom. The summed E-state index contributed by atoms with van der Waals surface area (Å²) in [6.07, 6.45) is 7.09. The molecule has 1 fully saturated rings. The Bertz CT molecular complexity index is 1060. The number of rotatable bonds is 3. The lowest BCUT2D eigenvalue weighted by atomic mass is 10.1. The summed E-state index contributed by atoms with van der Waals surface area (Å²) in [5, 5.41) is 8.74. The normalized spacial score (nSPS) is 22.1. The minimum absolute atomic E-state index is 0.505. The molecule has 1 aromatic carbocycles. The predicted molar refractivity (Wildman–Crippen MR) is 121 cm³/mol.